The fraction of sp³-hybridized carbons (Fsp3) is 0.706. The van der Waals surface area contributed by atoms with E-state index in [1.165, 1.54) is 25.7 Å². The molecule has 0 fully saturated rings. The average molecular weight is 310 g/mol. The van der Waals surface area contributed by atoms with E-state index in [-0.39, 0.29) is 0 Å². The van der Waals surface area contributed by atoms with Crippen molar-refractivity contribution in [1.82, 2.24) is 15.1 Å². The van der Waals surface area contributed by atoms with Crippen LogP contribution < -0.4 is 5.32 Å². The van der Waals surface area contributed by atoms with Gasteiger partial charge in [-0.1, -0.05) is 37.1 Å². The fourth-order valence-electron chi connectivity index (χ4n) is 3.19. The highest BCUT2D eigenvalue weighted by molar-refractivity contribution is 6.31. The summed E-state index contributed by atoms with van der Waals surface area (Å²) in [5.41, 5.74) is 3.79. The molecule has 118 valence electrons. The van der Waals surface area contributed by atoms with Gasteiger partial charge in [-0.15, -0.1) is 0 Å². The van der Waals surface area contributed by atoms with Gasteiger partial charge in [0.05, 0.1) is 16.4 Å². The number of rotatable bonds is 7. The van der Waals surface area contributed by atoms with Crippen LogP contribution in [0.5, 0.6) is 0 Å². The van der Waals surface area contributed by atoms with E-state index in [0.717, 1.165) is 42.2 Å². The van der Waals surface area contributed by atoms with Crippen LogP contribution in [0.2, 0.25) is 5.02 Å². The van der Waals surface area contributed by atoms with Crippen molar-refractivity contribution in [1.29, 1.82) is 0 Å². The Labute approximate surface area is 133 Å². The summed E-state index contributed by atoms with van der Waals surface area (Å²) in [7, 11) is 2.00. The Morgan fingerprint density at radius 3 is 2.71 bits per heavy atom. The minimum Gasteiger partial charge on any atom is -0.314 e. The minimum atomic E-state index is 0.456. The van der Waals surface area contributed by atoms with Crippen LogP contribution in [0.4, 0.5) is 0 Å². The summed E-state index contributed by atoms with van der Waals surface area (Å²) in [5, 5.41) is 9.01. The van der Waals surface area contributed by atoms with Gasteiger partial charge < -0.3 is 5.32 Å². The molecule has 3 nitrogen and oxygen atoms in total. The lowest BCUT2D eigenvalue weighted by Crippen LogP contribution is -2.32. The SMILES string of the molecule is CCNC(CC1=CCCCC1)Cc1c(Cl)c(CC)nn1C. The molecule has 1 aliphatic carbocycles. The maximum atomic E-state index is 6.49. The van der Waals surface area contributed by atoms with E-state index in [1.807, 2.05) is 11.7 Å². The molecule has 21 heavy (non-hydrogen) atoms. The monoisotopic (exact) mass is 309 g/mol. The smallest absolute Gasteiger partial charge is 0.0850 e. The van der Waals surface area contributed by atoms with Crippen molar-refractivity contribution in [2.45, 2.75) is 64.8 Å². The van der Waals surface area contributed by atoms with Gasteiger partial charge in [0.25, 0.3) is 0 Å². The van der Waals surface area contributed by atoms with Crippen molar-refractivity contribution in [2.75, 3.05) is 6.54 Å². The molecule has 1 aliphatic rings. The van der Waals surface area contributed by atoms with E-state index in [9.17, 15) is 0 Å². The maximum Gasteiger partial charge on any atom is 0.0850 e. The molecule has 0 spiro atoms. The number of aromatic nitrogens is 2. The van der Waals surface area contributed by atoms with Gasteiger partial charge in [-0.2, -0.15) is 5.10 Å². The Bertz CT molecular complexity index is 490. The van der Waals surface area contributed by atoms with Gasteiger partial charge in [0.2, 0.25) is 0 Å². The second-order valence-corrected chi connectivity index (χ2v) is 6.33. The quantitative estimate of drug-likeness (QED) is 0.770. The lowest BCUT2D eigenvalue weighted by molar-refractivity contribution is 0.490. The molecule has 0 bridgehead atoms. The molecule has 1 N–H and O–H groups in total. The van der Waals surface area contributed by atoms with Gasteiger partial charge in [-0.3, -0.25) is 4.68 Å². The van der Waals surface area contributed by atoms with E-state index in [1.54, 1.807) is 5.57 Å². The Morgan fingerprint density at radius 2 is 2.14 bits per heavy atom. The van der Waals surface area contributed by atoms with Crippen LogP contribution in [0.15, 0.2) is 11.6 Å². The van der Waals surface area contributed by atoms with Crippen LogP contribution >= 0.6 is 11.6 Å². The van der Waals surface area contributed by atoms with Gasteiger partial charge in [0.15, 0.2) is 0 Å². The third-order valence-corrected chi connectivity index (χ3v) is 4.77. The highest BCUT2D eigenvalue weighted by atomic mass is 35.5. The summed E-state index contributed by atoms with van der Waals surface area (Å²) in [5.74, 6) is 0. The third kappa shape index (κ3) is 4.33. The summed E-state index contributed by atoms with van der Waals surface area (Å²) in [6.07, 6.45) is 10.6. The van der Waals surface area contributed by atoms with Gasteiger partial charge in [-0.25, -0.2) is 0 Å². The number of aryl methyl sites for hydroxylation is 2. The van der Waals surface area contributed by atoms with E-state index >= 15 is 0 Å². The number of allylic oxidation sites excluding steroid dienone is 1. The molecule has 0 saturated heterocycles. The summed E-state index contributed by atoms with van der Waals surface area (Å²) in [6.45, 7) is 5.27. The maximum absolute atomic E-state index is 6.49. The van der Waals surface area contributed by atoms with E-state index in [0.29, 0.717) is 6.04 Å². The first-order valence-electron chi connectivity index (χ1n) is 8.27. The average Bonchev–Trinajstić information content (AvgIpc) is 2.76. The normalized spacial score (nSPS) is 16.9. The second-order valence-electron chi connectivity index (χ2n) is 5.96. The molecule has 1 aromatic rings. The second kappa shape index (κ2) is 8.00. The molecular weight excluding hydrogens is 282 g/mol. The number of hydrogen-bond donors (Lipinski definition) is 1. The predicted molar refractivity (Wildman–Crippen MR) is 89.9 cm³/mol. The number of nitrogens with one attached hydrogen (secondary N) is 1. The van der Waals surface area contributed by atoms with E-state index < -0.39 is 0 Å². The first kappa shape index (κ1) is 16.6. The van der Waals surface area contributed by atoms with Crippen LogP contribution in [-0.2, 0) is 19.9 Å². The Morgan fingerprint density at radius 1 is 1.33 bits per heavy atom. The molecule has 1 atom stereocenters. The standard InChI is InChI=1S/C17H28ClN3/c1-4-15-17(18)16(21(3)20-15)12-14(19-5-2)11-13-9-7-6-8-10-13/h9,14,19H,4-8,10-12H2,1-3H3. The molecule has 1 heterocycles. The topological polar surface area (TPSA) is 29.9 Å². The lowest BCUT2D eigenvalue weighted by atomic mass is 9.92. The van der Waals surface area contributed by atoms with Crippen molar-refractivity contribution >= 4 is 11.6 Å². The highest BCUT2D eigenvalue weighted by Crippen LogP contribution is 2.26. The predicted octanol–water partition coefficient (Wildman–Crippen LogP) is 4.05. The van der Waals surface area contributed by atoms with Gasteiger partial charge in [0.1, 0.15) is 0 Å². The molecule has 0 aliphatic heterocycles. The molecule has 4 heteroatoms. The van der Waals surface area contributed by atoms with Crippen molar-refractivity contribution in [2.24, 2.45) is 7.05 Å². The summed E-state index contributed by atoms with van der Waals surface area (Å²) in [4.78, 5) is 0. The van der Waals surface area contributed by atoms with Crippen LogP contribution in [-0.4, -0.2) is 22.4 Å². The van der Waals surface area contributed by atoms with Crippen LogP contribution in [0, 0.1) is 0 Å². The number of nitrogens with zero attached hydrogens (tertiary/aromatic N) is 2. The Balaban J connectivity index is 2.08. The van der Waals surface area contributed by atoms with Crippen LogP contribution in [0.3, 0.4) is 0 Å². The van der Waals surface area contributed by atoms with E-state index in [4.69, 9.17) is 11.6 Å². The van der Waals surface area contributed by atoms with Crippen molar-refractivity contribution in [3.63, 3.8) is 0 Å². The Hall–Kier alpha value is -0.800. The Kier molecular flexibility index (Phi) is 6.31. The highest BCUT2D eigenvalue weighted by Gasteiger charge is 2.19. The molecule has 1 aromatic heterocycles. The van der Waals surface area contributed by atoms with Crippen molar-refractivity contribution in [3.8, 4) is 0 Å². The molecular formula is C17H28ClN3. The van der Waals surface area contributed by atoms with Crippen LogP contribution in [0.25, 0.3) is 0 Å². The summed E-state index contributed by atoms with van der Waals surface area (Å²) in [6, 6.07) is 0.456. The number of halogens is 1. The zero-order valence-electron chi connectivity index (χ0n) is 13.6. The van der Waals surface area contributed by atoms with Crippen LogP contribution in [0.1, 0.15) is 57.3 Å². The molecule has 0 saturated carbocycles. The molecule has 0 radical (unpaired) electrons. The molecule has 0 aromatic carbocycles. The van der Waals surface area contributed by atoms with Gasteiger partial charge in [0, 0.05) is 19.5 Å². The number of likely N-dealkylation sites (N-methyl/N-ethyl adjacent to an activating group) is 1. The van der Waals surface area contributed by atoms with E-state index in [2.05, 4.69) is 30.3 Å². The molecule has 2 rings (SSSR count). The lowest BCUT2D eigenvalue weighted by Gasteiger charge is -2.22. The first-order chi connectivity index (χ1) is 10.2. The third-order valence-electron chi connectivity index (χ3n) is 4.33. The first-order valence-corrected chi connectivity index (χ1v) is 8.65. The number of hydrogen-bond acceptors (Lipinski definition) is 2. The minimum absolute atomic E-state index is 0.456. The fourth-order valence-corrected chi connectivity index (χ4v) is 3.56. The van der Waals surface area contributed by atoms with Crippen molar-refractivity contribution in [3.05, 3.63) is 28.1 Å². The zero-order valence-corrected chi connectivity index (χ0v) is 14.3. The van der Waals surface area contributed by atoms with Crippen molar-refractivity contribution < 1.29 is 0 Å². The largest absolute Gasteiger partial charge is 0.314 e. The zero-order chi connectivity index (χ0) is 15.2. The molecule has 1 unspecified atom stereocenters. The summed E-state index contributed by atoms with van der Waals surface area (Å²) < 4.78 is 1.96. The molecule has 0 amide bonds. The van der Waals surface area contributed by atoms with Gasteiger partial charge in [-0.05, 0) is 45.1 Å². The summed E-state index contributed by atoms with van der Waals surface area (Å²) >= 11 is 6.49. The van der Waals surface area contributed by atoms with Gasteiger partial charge >= 0.3 is 0 Å².